The number of hydrogen-bond acceptors (Lipinski definition) is 3. The smallest absolute Gasteiger partial charge is 0.265 e. The van der Waals surface area contributed by atoms with Gasteiger partial charge in [-0.15, -0.1) is 0 Å². The summed E-state index contributed by atoms with van der Waals surface area (Å²) in [7, 11) is 0. The van der Waals surface area contributed by atoms with Crippen LogP contribution < -0.4 is 10.1 Å². The van der Waals surface area contributed by atoms with Crippen molar-refractivity contribution in [3.05, 3.63) is 77.0 Å². The number of benzene rings is 2. The molecular weight excluding hydrogens is 394 g/mol. The minimum Gasteiger partial charge on any atom is -0.481 e. The van der Waals surface area contributed by atoms with Crippen LogP contribution in [0.2, 0.25) is 0 Å². The molecule has 1 aromatic heterocycles. The van der Waals surface area contributed by atoms with E-state index in [1.165, 1.54) is 5.56 Å². The third-order valence-corrected chi connectivity index (χ3v) is 4.34. The molecule has 2 aromatic carbocycles. The highest BCUT2D eigenvalue weighted by Gasteiger charge is 2.15. The van der Waals surface area contributed by atoms with Crippen molar-refractivity contribution in [3.8, 4) is 5.75 Å². The fraction of sp³-hybridized carbons (Fsp3) is 0.200. The van der Waals surface area contributed by atoms with Gasteiger partial charge in [0.25, 0.3) is 5.91 Å². The van der Waals surface area contributed by atoms with Crippen LogP contribution in [0.4, 0.5) is 5.69 Å². The monoisotopic (exact) mass is 413 g/mol. The van der Waals surface area contributed by atoms with E-state index in [9.17, 15) is 4.79 Å². The molecule has 0 aliphatic heterocycles. The van der Waals surface area contributed by atoms with Crippen molar-refractivity contribution >= 4 is 27.5 Å². The minimum atomic E-state index is -0.614. The predicted octanol–water partition coefficient (Wildman–Crippen LogP) is 4.29. The number of nitrogens with one attached hydrogen (secondary N) is 1. The Morgan fingerprint density at radius 2 is 2.04 bits per heavy atom. The molecule has 3 aromatic rings. The maximum Gasteiger partial charge on any atom is 0.265 e. The third kappa shape index (κ3) is 5.20. The number of carbonyl (C=O) groups is 1. The molecule has 1 heterocycles. The van der Waals surface area contributed by atoms with E-state index in [1.807, 2.05) is 53.3 Å². The number of amides is 1. The molecule has 0 bridgehead atoms. The van der Waals surface area contributed by atoms with Gasteiger partial charge in [0.1, 0.15) is 5.75 Å². The summed E-state index contributed by atoms with van der Waals surface area (Å²) in [5.74, 6) is 0.424. The van der Waals surface area contributed by atoms with E-state index >= 15 is 0 Å². The first kappa shape index (κ1) is 18.2. The lowest BCUT2D eigenvalue weighted by Gasteiger charge is -2.14. The number of nitrogens with zero attached hydrogens (tertiary/aromatic N) is 2. The van der Waals surface area contributed by atoms with Gasteiger partial charge in [-0.2, -0.15) is 5.10 Å². The molecule has 0 aliphatic rings. The van der Waals surface area contributed by atoms with Crippen LogP contribution in [0, 0.1) is 0 Å². The van der Waals surface area contributed by atoms with Gasteiger partial charge in [-0.3, -0.25) is 9.48 Å². The standard InChI is InChI=1S/C20H20BrN3O2/c1-15(26-19-9-5-8-17(21)12-19)20(25)23-18-13-22-24(14-18)11-10-16-6-3-2-4-7-16/h2-9,12-15H,10-11H2,1H3,(H,23,25). The lowest BCUT2D eigenvalue weighted by molar-refractivity contribution is -0.122. The highest BCUT2D eigenvalue weighted by Crippen LogP contribution is 2.19. The van der Waals surface area contributed by atoms with Crippen LogP contribution in [0.1, 0.15) is 12.5 Å². The van der Waals surface area contributed by atoms with Gasteiger partial charge < -0.3 is 10.1 Å². The van der Waals surface area contributed by atoms with Crippen LogP contribution in [0.5, 0.6) is 5.75 Å². The summed E-state index contributed by atoms with van der Waals surface area (Å²) < 4.78 is 8.40. The number of aromatic nitrogens is 2. The first-order valence-electron chi connectivity index (χ1n) is 8.39. The van der Waals surface area contributed by atoms with Gasteiger partial charge in [0, 0.05) is 17.2 Å². The highest BCUT2D eigenvalue weighted by molar-refractivity contribution is 9.10. The van der Waals surface area contributed by atoms with Crippen LogP contribution in [-0.4, -0.2) is 21.8 Å². The van der Waals surface area contributed by atoms with Crippen molar-refractivity contribution < 1.29 is 9.53 Å². The van der Waals surface area contributed by atoms with Crippen LogP contribution >= 0.6 is 15.9 Å². The Hall–Kier alpha value is -2.60. The Morgan fingerprint density at radius 3 is 2.81 bits per heavy atom. The predicted molar refractivity (Wildman–Crippen MR) is 105 cm³/mol. The SMILES string of the molecule is CC(Oc1cccc(Br)c1)C(=O)Nc1cnn(CCc2ccccc2)c1. The zero-order chi connectivity index (χ0) is 18.4. The fourth-order valence-corrected chi connectivity index (χ4v) is 2.86. The molecule has 5 nitrogen and oxygen atoms in total. The first-order valence-corrected chi connectivity index (χ1v) is 9.19. The molecule has 0 saturated heterocycles. The molecule has 0 spiro atoms. The molecule has 1 atom stereocenters. The Morgan fingerprint density at radius 1 is 1.23 bits per heavy atom. The van der Waals surface area contributed by atoms with E-state index in [0.717, 1.165) is 17.4 Å². The van der Waals surface area contributed by atoms with Gasteiger partial charge in [0.05, 0.1) is 11.9 Å². The van der Waals surface area contributed by atoms with E-state index in [1.54, 1.807) is 13.1 Å². The summed E-state index contributed by atoms with van der Waals surface area (Å²) in [5.41, 5.74) is 1.91. The second-order valence-electron chi connectivity index (χ2n) is 5.93. The van der Waals surface area contributed by atoms with E-state index in [-0.39, 0.29) is 5.91 Å². The summed E-state index contributed by atoms with van der Waals surface area (Å²) in [4.78, 5) is 12.3. The molecule has 1 unspecified atom stereocenters. The van der Waals surface area contributed by atoms with Crippen molar-refractivity contribution in [1.29, 1.82) is 0 Å². The zero-order valence-corrected chi connectivity index (χ0v) is 16.0. The number of hydrogen-bond donors (Lipinski definition) is 1. The average molecular weight is 414 g/mol. The number of rotatable bonds is 7. The second-order valence-corrected chi connectivity index (χ2v) is 6.85. The summed E-state index contributed by atoms with van der Waals surface area (Å²) in [5, 5.41) is 7.13. The van der Waals surface area contributed by atoms with Crippen LogP contribution in [0.25, 0.3) is 0 Å². The van der Waals surface area contributed by atoms with Crippen molar-refractivity contribution in [3.63, 3.8) is 0 Å². The van der Waals surface area contributed by atoms with Gasteiger partial charge in [0.15, 0.2) is 6.10 Å². The molecule has 1 N–H and O–H groups in total. The van der Waals surface area contributed by atoms with E-state index in [4.69, 9.17) is 4.74 Å². The Labute approximate surface area is 161 Å². The van der Waals surface area contributed by atoms with Crippen molar-refractivity contribution in [2.24, 2.45) is 0 Å². The summed E-state index contributed by atoms with van der Waals surface area (Å²) in [6, 6.07) is 17.6. The highest BCUT2D eigenvalue weighted by atomic mass is 79.9. The molecule has 3 rings (SSSR count). The van der Waals surface area contributed by atoms with E-state index in [2.05, 4.69) is 38.5 Å². The maximum atomic E-state index is 12.3. The number of halogens is 1. The Balaban J connectivity index is 1.52. The molecule has 0 aliphatic carbocycles. The lowest BCUT2D eigenvalue weighted by atomic mass is 10.1. The molecular formula is C20H20BrN3O2. The van der Waals surface area contributed by atoms with Gasteiger partial charge >= 0.3 is 0 Å². The summed E-state index contributed by atoms with van der Waals surface area (Å²) >= 11 is 3.39. The maximum absolute atomic E-state index is 12.3. The molecule has 26 heavy (non-hydrogen) atoms. The fourth-order valence-electron chi connectivity index (χ4n) is 2.48. The number of aryl methyl sites for hydroxylation is 2. The Bertz CT molecular complexity index is 864. The van der Waals surface area contributed by atoms with Gasteiger partial charge in [0.2, 0.25) is 0 Å². The van der Waals surface area contributed by atoms with E-state index < -0.39 is 6.10 Å². The molecule has 134 valence electrons. The first-order chi connectivity index (χ1) is 12.6. The lowest BCUT2D eigenvalue weighted by Crippen LogP contribution is -2.30. The molecule has 1 amide bonds. The second kappa shape index (κ2) is 8.67. The molecule has 0 saturated carbocycles. The molecule has 0 fully saturated rings. The normalized spacial score (nSPS) is 11.8. The van der Waals surface area contributed by atoms with E-state index in [0.29, 0.717) is 11.4 Å². The minimum absolute atomic E-state index is 0.215. The number of ether oxygens (including phenoxy) is 1. The largest absolute Gasteiger partial charge is 0.481 e. The third-order valence-electron chi connectivity index (χ3n) is 3.85. The van der Waals surface area contributed by atoms with Gasteiger partial charge in [-0.25, -0.2) is 0 Å². The van der Waals surface area contributed by atoms with Crippen LogP contribution in [-0.2, 0) is 17.8 Å². The summed E-state index contributed by atoms with van der Waals surface area (Å²) in [6.07, 6.45) is 3.75. The quantitative estimate of drug-likeness (QED) is 0.628. The van der Waals surface area contributed by atoms with Crippen LogP contribution in [0.15, 0.2) is 71.5 Å². The zero-order valence-electron chi connectivity index (χ0n) is 14.4. The topological polar surface area (TPSA) is 56.1 Å². The molecule has 0 radical (unpaired) electrons. The Kier molecular flexibility index (Phi) is 6.07. The van der Waals surface area contributed by atoms with Gasteiger partial charge in [-0.1, -0.05) is 52.3 Å². The number of carbonyl (C=O) groups excluding carboxylic acids is 1. The number of anilines is 1. The summed E-state index contributed by atoms with van der Waals surface area (Å²) in [6.45, 7) is 2.47. The van der Waals surface area contributed by atoms with Crippen molar-refractivity contribution in [2.75, 3.05) is 5.32 Å². The van der Waals surface area contributed by atoms with Gasteiger partial charge in [-0.05, 0) is 37.1 Å². The van der Waals surface area contributed by atoms with Crippen molar-refractivity contribution in [1.82, 2.24) is 9.78 Å². The molecule has 6 heteroatoms. The van der Waals surface area contributed by atoms with Crippen molar-refractivity contribution in [2.45, 2.75) is 26.0 Å². The van der Waals surface area contributed by atoms with Crippen LogP contribution in [0.3, 0.4) is 0 Å². The average Bonchev–Trinajstić information content (AvgIpc) is 3.08.